The van der Waals surface area contributed by atoms with Gasteiger partial charge in [0.2, 0.25) is 5.78 Å². The third-order valence-electron chi connectivity index (χ3n) is 6.74. The molecule has 0 saturated carbocycles. The summed E-state index contributed by atoms with van der Waals surface area (Å²) in [6, 6.07) is 12.1. The number of H-pyrrole nitrogens is 1. The number of ketones is 1. The summed E-state index contributed by atoms with van der Waals surface area (Å²) in [5.74, 6) is 1.79. The van der Waals surface area contributed by atoms with E-state index in [1.165, 1.54) is 16.0 Å². The Balaban J connectivity index is 1.39. The first-order chi connectivity index (χ1) is 15.0. The zero-order valence-corrected chi connectivity index (χ0v) is 18.9. The minimum atomic E-state index is -0.0384. The molecular weight excluding hydrogens is 390 g/mol. The van der Waals surface area contributed by atoms with Crippen LogP contribution in [0.3, 0.4) is 0 Å². The molecule has 0 aliphatic carbocycles. The molecule has 0 amide bonds. The van der Waals surface area contributed by atoms with Crippen molar-refractivity contribution in [1.29, 1.82) is 0 Å². The summed E-state index contributed by atoms with van der Waals surface area (Å²) in [4.78, 5) is 19.3. The molecule has 0 unspecified atom stereocenters. The number of aryl methyl sites for hydroxylation is 1. The van der Waals surface area contributed by atoms with E-state index in [1.54, 1.807) is 19.1 Å². The van der Waals surface area contributed by atoms with Crippen molar-refractivity contribution in [3.63, 3.8) is 0 Å². The standard InChI is InChI=1S/C25H31N3O3/c1-17-13-23(30-3)24(31-4)14-19(17)16-27-9-11-28(12-10-27)18(2)25(29)21-15-26-22-8-6-5-7-20(21)22/h5-8,13-15,18,26H,9-12,16H2,1-4H3/p+2/t18-/m1/s1. The lowest BCUT2D eigenvalue weighted by Crippen LogP contribution is -3.29. The van der Waals surface area contributed by atoms with E-state index in [4.69, 9.17) is 9.47 Å². The number of Topliss-reactive ketones (excluding diaryl/α,β-unsaturated/α-hetero) is 1. The second-order valence-electron chi connectivity index (χ2n) is 8.55. The first-order valence-corrected chi connectivity index (χ1v) is 11.0. The highest BCUT2D eigenvalue weighted by molar-refractivity contribution is 6.09. The molecule has 1 aromatic heterocycles. The van der Waals surface area contributed by atoms with Gasteiger partial charge in [-0.25, -0.2) is 0 Å². The predicted molar refractivity (Wildman–Crippen MR) is 121 cm³/mol. The molecule has 31 heavy (non-hydrogen) atoms. The third kappa shape index (κ3) is 4.31. The number of piperazine rings is 1. The van der Waals surface area contributed by atoms with Crippen LogP contribution in [0.1, 0.15) is 28.4 Å². The Labute approximate surface area is 183 Å². The minimum Gasteiger partial charge on any atom is -0.493 e. The smallest absolute Gasteiger partial charge is 0.221 e. The van der Waals surface area contributed by atoms with Gasteiger partial charge in [-0.2, -0.15) is 0 Å². The van der Waals surface area contributed by atoms with E-state index in [0.29, 0.717) is 0 Å². The molecule has 164 valence electrons. The molecule has 4 rings (SSSR count). The van der Waals surface area contributed by atoms with Gasteiger partial charge in [0.15, 0.2) is 11.5 Å². The quantitative estimate of drug-likeness (QED) is 0.498. The zero-order valence-electron chi connectivity index (χ0n) is 18.9. The predicted octanol–water partition coefficient (Wildman–Crippen LogP) is 1.05. The first-order valence-electron chi connectivity index (χ1n) is 11.0. The SMILES string of the molecule is COc1cc(C)c(C[NH+]2CC[NH+]([C@H](C)C(=O)c3c[nH]c4ccccc34)CC2)cc1OC. The minimum absolute atomic E-state index is 0.0384. The van der Waals surface area contributed by atoms with Crippen molar-refractivity contribution in [1.82, 2.24) is 4.98 Å². The molecule has 3 N–H and O–H groups in total. The van der Waals surface area contributed by atoms with Gasteiger partial charge in [-0.1, -0.05) is 18.2 Å². The molecule has 3 aromatic rings. The first kappa shape index (κ1) is 21.4. The number of aromatic amines is 1. The number of carbonyl (C=O) groups is 1. The molecule has 1 saturated heterocycles. The molecule has 2 aromatic carbocycles. The van der Waals surface area contributed by atoms with Gasteiger partial charge in [0, 0.05) is 28.2 Å². The van der Waals surface area contributed by atoms with Crippen LogP contribution in [-0.2, 0) is 6.54 Å². The van der Waals surface area contributed by atoms with Crippen molar-refractivity contribution < 1.29 is 24.1 Å². The van der Waals surface area contributed by atoms with Crippen molar-refractivity contribution in [3.8, 4) is 11.5 Å². The number of benzene rings is 2. The number of ether oxygens (including phenoxy) is 2. The van der Waals surface area contributed by atoms with Crippen LogP contribution in [0.25, 0.3) is 10.9 Å². The Bertz CT molecular complexity index is 1070. The number of hydrogen-bond donors (Lipinski definition) is 3. The highest BCUT2D eigenvalue weighted by Crippen LogP contribution is 2.29. The van der Waals surface area contributed by atoms with Crippen LogP contribution in [-0.4, -0.2) is 57.2 Å². The fourth-order valence-electron chi connectivity index (χ4n) is 4.71. The summed E-state index contributed by atoms with van der Waals surface area (Å²) in [6.07, 6.45) is 1.87. The Morgan fingerprint density at radius 3 is 2.45 bits per heavy atom. The van der Waals surface area contributed by atoms with Crippen LogP contribution in [0.15, 0.2) is 42.6 Å². The summed E-state index contributed by atoms with van der Waals surface area (Å²) in [6.45, 7) is 9.25. The average Bonchev–Trinajstić information content (AvgIpc) is 3.23. The Morgan fingerprint density at radius 2 is 1.74 bits per heavy atom. The number of nitrogens with one attached hydrogen (secondary N) is 3. The van der Waals surface area contributed by atoms with Gasteiger partial charge in [-0.15, -0.1) is 0 Å². The van der Waals surface area contributed by atoms with Crippen LogP contribution < -0.4 is 19.3 Å². The Hall–Kier alpha value is -2.83. The normalized spacial score (nSPS) is 19.9. The molecule has 6 heteroatoms. The number of carbonyl (C=O) groups excluding carboxylic acids is 1. The summed E-state index contributed by atoms with van der Waals surface area (Å²) in [5, 5.41) is 1.02. The number of rotatable bonds is 7. The lowest BCUT2D eigenvalue weighted by Gasteiger charge is -2.33. The Kier molecular flexibility index (Phi) is 6.30. The highest BCUT2D eigenvalue weighted by Gasteiger charge is 2.32. The van der Waals surface area contributed by atoms with Gasteiger partial charge in [0.1, 0.15) is 38.8 Å². The second kappa shape index (κ2) is 9.12. The molecule has 0 spiro atoms. The van der Waals surface area contributed by atoms with Crippen molar-refractivity contribution >= 4 is 16.7 Å². The summed E-state index contributed by atoms with van der Waals surface area (Å²) >= 11 is 0. The zero-order chi connectivity index (χ0) is 22.0. The number of fused-ring (bicyclic) bond motifs is 1. The van der Waals surface area contributed by atoms with E-state index in [2.05, 4.69) is 31.0 Å². The molecule has 1 aliphatic rings. The maximum absolute atomic E-state index is 13.2. The molecule has 0 bridgehead atoms. The van der Waals surface area contributed by atoms with Crippen molar-refractivity contribution in [2.24, 2.45) is 0 Å². The maximum Gasteiger partial charge on any atom is 0.221 e. The summed E-state index contributed by atoms with van der Waals surface area (Å²) in [5.41, 5.74) is 4.35. The van der Waals surface area contributed by atoms with E-state index in [0.717, 1.165) is 60.7 Å². The molecular formula is C25H33N3O3+2. The average molecular weight is 424 g/mol. The third-order valence-corrected chi connectivity index (χ3v) is 6.74. The van der Waals surface area contributed by atoms with Crippen LogP contribution in [0.5, 0.6) is 11.5 Å². The molecule has 6 nitrogen and oxygen atoms in total. The summed E-state index contributed by atoms with van der Waals surface area (Å²) < 4.78 is 10.9. The number of quaternary nitrogens is 2. The van der Waals surface area contributed by atoms with E-state index < -0.39 is 0 Å². The van der Waals surface area contributed by atoms with Gasteiger partial charge in [0.05, 0.1) is 14.2 Å². The number of para-hydroxylation sites is 1. The Morgan fingerprint density at radius 1 is 1.06 bits per heavy atom. The number of methoxy groups -OCH3 is 2. The van der Waals surface area contributed by atoms with Crippen molar-refractivity contribution in [2.75, 3.05) is 40.4 Å². The van der Waals surface area contributed by atoms with Crippen molar-refractivity contribution in [3.05, 3.63) is 59.3 Å². The van der Waals surface area contributed by atoms with E-state index in [-0.39, 0.29) is 11.8 Å². The molecule has 1 atom stereocenters. The van der Waals surface area contributed by atoms with Crippen molar-refractivity contribution in [2.45, 2.75) is 26.4 Å². The summed E-state index contributed by atoms with van der Waals surface area (Å²) in [7, 11) is 3.35. The molecule has 1 fully saturated rings. The van der Waals surface area contributed by atoms with Crippen LogP contribution >= 0.6 is 0 Å². The van der Waals surface area contributed by atoms with Gasteiger partial charge in [0.25, 0.3) is 0 Å². The van der Waals surface area contributed by atoms with Crippen LogP contribution in [0.4, 0.5) is 0 Å². The maximum atomic E-state index is 13.2. The van der Waals surface area contributed by atoms with Gasteiger partial charge in [-0.3, -0.25) is 4.79 Å². The van der Waals surface area contributed by atoms with Gasteiger partial charge in [-0.05, 0) is 37.6 Å². The van der Waals surface area contributed by atoms with Gasteiger partial charge < -0.3 is 24.3 Å². The molecule has 0 radical (unpaired) electrons. The monoisotopic (exact) mass is 423 g/mol. The fraction of sp³-hybridized carbons (Fsp3) is 0.400. The van der Waals surface area contributed by atoms with E-state index >= 15 is 0 Å². The lowest BCUT2D eigenvalue weighted by atomic mass is 10.0. The second-order valence-corrected chi connectivity index (χ2v) is 8.55. The largest absolute Gasteiger partial charge is 0.493 e. The van der Waals surface area contributed by atoms with Crippen LogP contribution in [0, 0.1) is 6.92 Å². The lowest BCUT2D eigenvalue weighted by molar-refractivity contribution is -1.02. The van der Waals surface area contributed by atoms with E-state index in [9.17, 15) is 4.79 Å². The number of aromatic nitrogens is 1. The van der Waals surface area contributed by atoms with Gasteiger partial charge >= 0.3 is 0 Å². The molecule has 2 heterocycles. The van der Waals surface area contributed by atoms with E-state index in [1.807, 2.05) is 30.5 Å². The number of hydrogen-bond acceptors (Lipinski definition) is 3. The topological polar surface area (TPSA) is 60.2 Å². The fourth-order valence-corrected chi connectivity index (χ4v) is 4.71. The highest BCUT2D eigenvalue weighted by atomic mass is 16.5. The van der Waals surface area contributed by atoms with Crippen LogP contribution in [0.2, 0.25) is 0 Å². The molecule has 1 aliphatic heterocycles.